The third-order valence-corrected chi connectivity index (χ3v) is 0.699. The Balaban J connectivity index is 3.04. The van der Waals surface area contributed by atoms with Crippen LogP contribution in [0.3, 0.4) is 0 Å². The van der Waals surface area contributed by atoms with Gasteiger partial charge in [-0.1, -0.05) is 0 Å². The average Bonchev–Trinajstić information content (AvgIpc) is 1.87. The largest absolute Gasteiger partial charge is 0.412 e. The van der Waals surface area contributed by atoms with Gasteiger partial charge in [-0.05, 0) is 12.5 Å². The molecule has 0 bridgehead atoms. The normalized spacial score (nSPS) is 9.29. The summed E-state index contributed by atoms with van der Waals surface area (Å²) in [5.41, 5.74) is 0.961. The van der Waals surface area contributed by atoms with Gasteiger partial charge in [-0.15, -0.1) is 9.94 Å². The fraction of sp³-hybridized carbons (Fsp3) is 0.250. The number of hydrogen-bond donors (Lipinski definition) is 1. The molecule has 1 heterocycles. The lowest BCUT2D eigenvalue weighted by Gasteiger charge is -1.77. The zero-order valence-corrected chi connectivity index (χ0v) is 4.00. The second kappa shape index (κ2) is 1.26. The maximum absolute atomic E-state index is 8.46. The number of aryl methyl sites for hydroxylation is 1. The van der Waals surface area contributed by atoms with Crippen LogP contribution in [0.2, 0.25) is 0 Å². The Morgan fingerprint density at radius 2 is 2.57 bits per heavy atom. The maximum Gasteiger partial charge on any atom is 0.0693 e. The predicted molar refractivity (Wildman–Crippen MR) is 24.1 cm³/mol. The lowest BCUT2D eigenvalue weighted by atomic mass is 10.4. The quantitative estimate of drug-likeness (QED) is 0.478. The average molecular weight is 98.1 g/mol. The highest BCUT2D eigenvalue weighted by atomic mass is 16.5. The van der Waals surface area contributed by atoms with E-state index in [1.165, 1.54) is 6.20 Å². The van der Waals surface area contributed by atoms with Gasteiger partial charge in [-0.25, -0.2) is 0 Å². The van der Waals surface area contributed by atoms with E-state index in [4.69, 9.17) is 5.21 Å². The van der Waals surface area contributed by atoms with E-state index >= 15 is 0 Å². The van der Waals surface area contributed by atoms with Crippen molar-refractivity contribution in [3.63, 3.8) is 0 Å². The van der Waals surface area contributed by atoms with Gasteiger partial charge >= 0.3 is 0 Å². The monoisotopic (exact) mass is 98.0 g/mol. The minimum atomic E-state index is 0.787. The van der Waals surface area contributed by atoms with Gasteiger partial charge in [-0.2, -0.15) is 0 Å². The van der Waals surface area contributed by atoms with E-state index in [0.717, 1.165) is 10.4 Å². The van der Waals surface area contributed by atoms with E-state index in [1.807, 2.05) is 6.92 Å². The molecule has 1 rings (SSSR count). The molecule has 0 unspecified atom stereocenters. The summed E-state index contributed by atoms with van der Waals surface area (Å²) in [6.07, 6.45) is 3.11. The molecule has 0 aliphatic carbocycles. The van der Waals surface area contributed by atoms with Crippen LogP contribution in [-0.4, -0.2) is 15.2 Å². The topological polar surface area (TPSA) is 38.0 Å². The minimum Gasteiger partial charge on any atom is -0.412 e. The van der Waals surface area contributed by atoms with Crippen molar-refractivity contribution in [2.24, 2.45) is 0 Å². The number of hydrogen-bond acceptors (Lipinski definition) is 2. The Labute approximate surface area is 41.2 Å². The van der Waals surface area contributed by atoms with Crippen molar-refractivity contribution < 1.29 is 5.21 Å². The summed E-state index contributed by atoms with van der Waals surface area (Å²) in [5, 5.41) is 11.9. The molecule has 0 spiro atoms. The SMILES string of the molecule is Cc1cnn(O)c1. The molecule has 0 fully saturated rings. The predicted octanol–water partition coefficient (Wildman–Crippen LogP) is 0.429. The highest BCUT2D eigenvalue weighted by Gasteiger charge is 1.83. The molecule has 0 amide bonds. The standard InChI is InChI=1S/C4H6N2O/c1-4-2-5-6(7)3-4/h2-3,7H,1H3. The van der Waals surface area contributed by atoms with Crippen molar-refractivity contribution in [1.82, 2.24) is 9.94 Å². The van der Waals surface area contributed by atoms with Gasteiger partial charge in [0, 0.05) is 0 Å². The second-order valence-corrected chi connectivity index (χ2v) is 1.44. The number of aromatic nitrogens is 2. The van der Waals surface area contributed by atoms with Gasteiger partial charge in [-0.3, -0.25) is 0 Å². The summed E-state index contributed by atoms with van der Waals surface area (Å²) < 4.78 is 0. The van der Waals surface area contributed by atoms with Crippen LogP contribution in [0.1, 0.15) is 5.56 Å². The van der Waals surface area contributed by atoms with Crippen LogP contribution in [0.25, 0.3) is 0 Å². The third-order valence-electron chi connectivity index (χ3n) is 0.699. The highest BCUT2D eigenvalue weighted by molar-refractivity contribution is 4.97. The molecule has 7 heavy (non-hydrogen) atoms. The fourth-order valence-electron chi connectivity index (χ4n) is 0.399. The van der Waals surface area contributed by atoms with Gasteiger partial charge in [0.05, 0.1) is 12.4 Å². The van der Waals surface area contributed by atoms with E-state index in [1.54, 1.807) is 6.20 Å². The van der Waals surface area contributed by atoms with Gasteiger partial charge in [0.2, 0.25) is 0 Å². The first-order valence-electron chi connectivity index (χ1n) is 1.99. The zero-order valence-electron chi connectivity index (χ0n) is 4.00. The van der Waals surface area contributed by atoms with Crippen molar-refractivity contribution in [2.75, 3.05) is 0 Å². The Morgan fingerprint density at radius 3 is 2.71 bits per heavy atom. The van der Waals surface area contributed by atoms with Crippen molar-refractivity contribution in [3.8, 4) is 0 Å². The van der Waals surface area contributed by atoms with Crippen molar-refractivity contribution in [1.29, 1.82) is 0 Å². The highest BCUT2D eigenvalue weighted by Crippen LogP contribution is 1.88. The van der Waals surface area contributed by atoms with E-state index in [0.29, 0.717) is 0 Å². The molecule has 0 saturated carbocycles. The molecule has 0 radical (unpaired) electrons. The van der Waals surface area contributed by atoms with Gasteiger partial charge in [0.1, 0.15) is 0 Å². The van der Waals surface area contributed by atoms with Gasteiger partial charge < -0.3 is 5.21 Å². The summed E-state index contributed by atoms with van der Waals surface area (Å²) >= 11 is 0. The molecule has 0 aliphatic rings. The van der Waals surface area contributed by atoms with Crippen LogP contribution in [-0.2, 0) is 0 Å². The summed E-state index contributed by atoms with van der Waals surface area (Å²) in [6.45, 7) is 1.86. The Kier molecular flexibility index (Phi) is 0.749. The summed E-state index contributed by atoms with van der Waals surface area (Å²) in [6, 6.07) is 0. The van der Waals surface area contributed by atoms with Crippen LogP contribution in [0.4, 0.5) is 0 Å². The summed E-state index contributed by atoms with van der Waals surface area (Å²) in [5.74, 6) is 0. The fourth-order valence-corrected chi connectivity index (χ4v) is 0.399. The molecule has 38 valence electrons. The van der Waals surface area contributed by atoms with E-state index in [-0.39, 0.29) is 0 Å². The first kappa shape index (κ1) is 4.18. The van der Waals surface area contributed by atoms with Gasteiger partial charge in [0.15, 0.2) is 0 Å². The molecule has 1 aromatic heterocycles. The van der Waals surface area contributed by atoms with E-state index in [2.05, 4.69) is 5.10 Å². The van der Waals surface area contributed by atoms with Crippen molar-refractivity contribution in [2.45, 2.75) is 6.92 Å². The molecule has 1 aromatic rings. The number of nitrogens with zero attached hydrogens (tertiary/aromatic N) is 2. The minimum absolute atomic E-state index is 0.787. The molecule has 0 atom stereocenters. The van der Waals surface area contributed by atoms with Crippen LogP contribution in [0.15, 0.2) is 12.4 Å². The van der Waals surface area contributed by atoms with Crippen LogP contribution >= 0.6 is 0 Å². The zero-order chi connectivity index (χ0) is 5.28. The van der Waals surface area contributed by atoms with Crippen molar-refractivity contribution in [3.05, 3.63) is 18.0 Å². The maximum atomic E-state index is 8.46. The molecule has 0 aliphatic heterocycles. The van der Waals surface area contributed by atoms with Crippen LogP contribution < -0.4 is 0 Å². The molecule has 3 heteroatoms. The molecule has 0 aromatic carbocycles. The molecular weight excluding hydrogens is 92.1 g/mol. The summed E-state index contributed by atoms with van der Waals surface area (Å²) in [4.78, 5) is 0.787. The van der Waals surface area contributed by atoms with Crippen LogP contribution in [0, 0.1) is 6.92 Å². The Bertz CT molecular complexity index is 142. The molecule has 1 N–H and O–H groups in total. The Hall–Kier alpha value is -0.990. The van der Waals surface area contributed by atoms with Crippen LogP contribution in [0.5, 0.6) is 0 Å². The molecule has 0 saturated heterocycles. The first-order valence-corrected chi connectivity index (χ1v) is 1.99. The first-order chi connectivity index (χ1) is 3.29. The summed E-state index contributed by atoms with van der Waals surface area (Å²) in [7, 11) is 0. The smallest absolute Gasteiger partial charge is 0.0693 e. The number of rotatable bonds is 0. The third kappa shape index (κ3) is 0.707. The molecular formula is C4H6N2O. The van der Waals surface area contributed by atoms with E-state index < -0.39 is 0 Å². The van der Waals surface area contributed by atoms with Crippen molar-refractivity contribution >= 4 is 0 Å². The second-order valence-electron chi connectivity index (χ2n) is 1.44. The lowest BCUT2D eigenvalue weighted by molar-refractivity contribution is 0.148. The van der Waals surface area contributed by atoms with E-state index in [9.17, 15) is 0 Å². The molecule has 3 nitrogen and oxygen atoms in total. The lowest BCUT2D eigenvalue weighted by Crippen LogP contribution is -1.86. The Morgan fingerprint density at radius 1 is 1.86 bits per heavy atom. The van der Waals surface area contributed by atoms with Gasteiger partial charge in [0.25, 0.3) is 0 Å².